The van der Waals surface area contributed by atoms with Gasteiger partial charge in [0, 0.05) is 6.54 Å². The Balaban J connectivity index is 1.70. The van der Waals surface area contributed by atoms with Crippen LogP contribution >= 0.6 is 0 Å². The summed E-state index contributed by atoms with van der Waals surface area (Å²) in [4.78, 5) is 0. The molecule has 1 N–H and O–H groups in total. The minimum Gasteiger partial charge on any atom is -0.478 e. The molecule has 82 valence electrons. The van der Waals surface area contributed by atoms with Crippen molar-refractivity contribution in [3.05, 3.63) is 66.2 Å². The Kier molecular flexibility index (Phi) is 3.97. The highest BCUT2D eigenvalue weighted by Gasteiger charge is 1.92. The molecule has 0 atom stereocenters. The highest BCUT2D eigenvalue weighted by molar-refractivity contribution is 5.20. The topological polar surface area (TPSA) is 21.3 Å². The minimum atomic E-state index is 0.527. The Hall–Kier alpha value is -1.80. The summed E-state index contributed by atoms with van der Waals surface area (Å²) in [5.41, 5.74) is 1.26. The third kappa shape index (κ3) is 3.41. The number of nitrogens with one attached hydrogen (secondary N) is 1. The highest BCUT2D eigenvalue weighted by Crippen LogP contribution is 2.07. The van der Waals surface area contributed by atoms with E-state index in [2.05, 4.69) is 17.4 Å². The van der Waals surface area contributed by atoms with Gasteiger partial charge in [-0.3, -0.25) is 5.32 Å². The lowest BCUT2D eigenvalue weighted by molar-refractivity contribution is 0.282. The molecule has 2 aromatic carbocycles. The lowest BCUT2D eigenvalue weighted by atomic mass is 10.2. The van der Waals surface area contributed by atoms with Gasteiger partial charge >= 0.3 is 0 Å². The van der Waals surface area contributed by atoms with Crippen molar-refractivity contribution in [2.75, 3.05) is 6.73 Å². The van der Waals surface area contributed by atoms with Crippen molar-refractivity contribution in [1.29, 1.82) is 0 Å². The fourth-order valence-corrected chi connectivity index (χ4v) is 1.44. The average molecular weight is 213 g/mol. The maximum absolute atomic E-state index is 5.52. The van der Waals surface area contributed by atoms with Crippen LogP contribution in [-0.4, -0.2) is 6.73 Å². The summed E-state index contributed by atoms with van der Waals surface area (Å²) in [6.07, 6.45) is 0. The third-order valence-corrected chi connectivity index (χ3v) is 2.26. The molecule has 16 heavy (non-hydrogen) atoms. The zero-order valence-corrected chi connectivity index (χ0v) is 9.10. The van der Waals surface area contributed by atoms with Crippen molar-refractivity contribution in [3.8, 4) is 5.75 Å². The molecule has 2 rings (SSSR count). The normalized spacial score (nSPS) is 10.0. The molecular weight excluding hydrogens is 198 g/mol. The van der Waals surface area contributed by atoms with Gasteiger partial charge in [0.05, 0.1) is 0 Å². The quantitative estimate of drug-likeness (QED) is 0.609. The van der Waals surface area contributed by atoms with E-state index in [0.717, 1.165) is 12.3 Å². The van der Waals surface area contributed by atoms with Crippen LogP contribution in [0.4, 0.5) is 0 Å². The van der Waals surface area contributed by atoms with E-state index in [1.165, 1.54) is 5.56 Å². The van der Waals surface area contributed by atoms with Crippen LogP contribution in [0.15, 0.2) is 60.7 Å². The second-order valence-corrected chi connectivity index (χ2v) is 3.51. The molecule has 2 heteroatoms. The van der Waals surface area contributed by atoms with Gasteiger partial charge in [0.2, 0.25) is 0 Å². The van der Waals surface area contributed by atoms with E-state index in [4.69, 9.17) is 4.74 Å². The fraction of sp³-hybridized carbons (Fsp3) is 0.143. The molecule has 0 heterocycles. The van der Waals surface area contributed by atoms with Crippen LogP contribution < -0.4 is 10.1 Å². The van der Waals surface area contributed by atoms with E-state index >= 15 is 0 Å². The van der Waals surface area contributed by atoms with E-state index < -0.39 is 0 Å². The van der Waals surface area contributed by atoms with E-state index in [-0.39, 0.29) is 0 Å². The van der Waals surface area contributed by atoms with Crippen LogP contribution in [0.1, 0.15) is 5.56 Å². The maximum atomic E-state index is 5.52. The van der Waals surface area contributed by atoms with Crippen LogP contribution in [0.25, 0.3) is 0 Å². The van der Waals surface area contributed by atoms with Crippen LogP contribution in [-0.2, 0) is 6.54 Å². The van der Waals surface area contributed by atoms with E-state index in [9.17, 15) is 0 Å². The number of ether oxygens (including phenoxy) is 1. The van der Waals surface area contributed by atoms with Crippen molar-refractivity contribution < 1.29 is 4.74 Å². The molecule has 2 aromatic rings. The summed E-state index contributed by atoms with van der Waals surface area (Å²) in [6, 6.07) is 20.1. The van der Waals surface area contributed by atoms with Crippen LogP contribution in [0.5, 0.6) is 5.75 Å². The Morgan fingerprint density at radius 3 is 2.12 bits per heavy atom. The van der Waals surface area contributed by atoms with Gasteiger partial charge in [-0.25, -0.2) is 0 Å². The first-order valence-corrected chi connectivity index (χ1v) is 5.37. The van der Waals surface area contributed by atoms with Crippen LogP contribution in [0.3, 0.4) is 0 Å². The van der Waals surface area contributed by atoms with Gasteiger partial charge in [-0.2, -0.15) is 0 Å². The standard InChI is InChI=1S/C14H15NO/c1-3-7-13(8-4-1)11-15-12-16-14-9-5-2-6-10-14/h1-10,15H,11-12H2. The Labute approximate surface area is 95.9 Å². The van der Waals surface area contributed by atoms with E-state index in [1.54, 1.807) is 0 Å². The maximum Gasteiger partial charge on any atom is 0.139 e. The molecule has 0 spiro atoms. The predicted octanol–water partition coefficient (Wildman–Crippen LogP) is 2.81. The van der Waals surface area contributed by atoms with Gasteiger partial charge in [-0.15, -0.1) is 0 Å². The second-order valence-electron chi connectivity index (χ2n) is 3.51. The summed E-state index contributed by atoms with van der Waals surface area (Å²) >= 11 is 0. The van der Waals surface area contributed by atoms with Gasteiger partial charge in [-0.1, -0.05) is 48.5 Å². The van der Waals surface area contributed by atoms with Crippen molar-refractivity contribution in [2.24, 2.45) is 0 Å². The zero-order valence-electron chi connectivity index (χ0n) is 9.10. The number of hydrogen-bond donors (Lipinski definition) is 1. The molecule has 0 bridgehead atoms. The van der Waals surface area contributed by atoms with Crippen molar-refractivity contribution >= 4 is 0 Å². The van der Waals surface area contributed by atoms with Gasteiger partial charge < -0.3 is 4.74 Å². The fourth-order valence-electron chi connectivity index (χ4n) is 1.44. The van der Waals surface area contributed by atoms with Gasteiger partial charge in [0.1, 0.15) is 12.5 Å². The van der Waals surface area contributed by atoms with Crippen molar-refractivity contribution in [1.82, 2.24) is 5.32 Å². The summed E-state index contributed by atoms with van der Waals surface area (Å²) in [5, 5.41) is 3.23. The Bertz CT molecular complexity index is 358. The van der Waals surface area contributed by atoms with Crippen LogP contribution in [0.2, 0.25) is 0 Å². The van der Waals surface area contributed by atoms with E-state index in [1.807, 2.05) is 48.5 Å². The molecule has 0 saturated carbocycles. The third-order valence-electron chi connectivity index (χ3n) is 2.26. The van der Waals surface area contributed by atoms with E-state index in [0.29, 0.717) is 6.73 Å². The lowest BCUT2D eigenvalue weighted by Gasteiger charge is -2.07. The summed E-state index contributed by atoms with van der Waals surface area (Å²) in [5.74, 6) is 0.892. The zero-order chi connectivity index (χ0) is 11.1. The molecule has 0 unspecified atom stereocenters. The largest absolute Gasteiger partial charge is 0.478 e. The molecule has 2 nitrogen and oxygen atoms in total. The summed E-state index contributed by atoms with van der Waals surface area (Å²) in [6.45, 7) is 1.35. The number of para-hydroxylation sites is 1. The molecule has 0 aliphatic heterocycles. The first-order chi connectivity index (χ1) is 7.95. The molecule has 0 amide bonds. The summed E-state index contributed by atoms with van der Waals surface area (Å²) in [7, 11) is 0. The monoisotopic (exact) mass is 213 g/mol. The van der Waals surface area contributed by atoms with Crippen LogP contribution in [0, 0.1) is 0 Å². The number of hydrogen-bond acceptors (Lipinski definition) is 2. The first-order valence-electron chi connectivity index (χ1n) is 5.37. The Morgan fingerprint density at radius 2 is 1.44 bits per heavy atom. The predicted molar refractivity (Wildman–Crippen MR) is 65.2 cm³/mol. The number of benzene rings is 2. The van der Waals surface area contributed by atoms with Crippen molar-refractivity contribution in [2.45, 2.75) is 6.54 Å². The molecule has 0 aromatic heterocycles. The van der Waals surface area contributed by atoms with Gasteiger partial charge in [0.25, 0.3) is 0 Å². The molecule has 0 fully saturated rings. The van der Waals surface area contributed by atoms with Crippen molar-refractivity contribution in [3.63, 3.8) is 0 Å². The molecule has 0 saturated heterocycles. The smallest absolute Gasteiger partial charge is 0.139 e. The Morgan fingerprint density at radius 1 is 0.812 bits per heavy atom. The lowest BCUT2D eigenvalue weighted by Crippen LogP contribution is -2.19. The van der Waals surface area contributed by atoms with Gasteiger partial charge in [-0.05, 0) is 17.7 Å². The first kappa shape index (κ1) is 10.7. The minimum absolute atomic E-state index is 0.527. The molecule has 0 aliphatic carbocycles. The summed E-state index contributed by atoms with van der Waals surface area (Å²) < 4.78 is 5.52. The second kappa shape index (κ2) is 5.93. The highest BCUT2D eigenvalue weighted by atomic mass is 16.5. The molecule has 0 radical (unpaired) electrons. The number of rotatable bonds is 5. The molecular formula is C14H15NO. The average Bonchev–Trinajstić information content (AvgIpc) is 2.37. The SMILES string of the molecule is c1ccc(CNCOc2ccccc2)cc1. The molecule has 0 aliphatic rings. The van der Waals surface area contributed by atoms with Gasteiger partial charge in [0.15, 0.2) is 0 Å².